The molecule has 4 aliphatic carbocycles. The summed E-state index contributed by atoms with van der Waals surface area (Å²) in [4.78, 5) is 0. The molecule has 0 saturated heterocycles. The summed E-state index contributed by atoms with van der Waals surface area (Å²) >= 11 is 0. The van der Waals surface area contributed by atoms with Crippen molar-refractivity contribution in [1.82, 2.24) is 0 Å². The lowest BCUT2D eigenvalue weighted by Gasteiger charge is -2.57. The molecule has 0 aromatic heterocycles. The fourth-order valence-electron chi connectivity index (χ4n) is 9.44. The van der Waals surface area contributed by atoms with Crippen molar-refractivity contribution in [2.45, 2.75) is 142 Å². The maximum absolute atomic E-state index is 10.1. The molecule has 0 bridgehead atoms. The van der Waals surface area contributed by atoms with Crippen LogP contribution < -0.4 is 0 Å². The van der Waals surface area contributed by atoms with Gasteiger partial charge in [-0.1, -0.05) is 84.5 Å². The minimum atomic E-state index is 0.0358. The molecule has 4 rings (SSSR count). The fraction of sp³-hybridized carbons (Fsp3) is 0.968. The van der Waals surface area contributed by atoms with Gasteiger partial charge in [0.25, 0.3) is 0 Å². The van der Waals surface area contributed by atoms with Gasteiger partial charge in [0.15, 0.2) is 0 Å². The van der Waals surface area contributed by atoms with E-state index in [-0.39, 0.29) is 5.41 Å². The number of hydrogen-bond donors (Lipinski definition) is 0. The molecule has 0 heterocycles. The molecule has 182 valence electrons. The van der Waals surface area contributed by atoms with E-state index in [0.29, 0.717) is 0 Å². The molecule has 6 unspecified atom stereocenters. The second kappa shape index (κ2) is 11.8. The molecule has 0 aliphatic heterocycles. The van der Waals surface area contributed by atoms with Crippen LogP contribution in [0.3, 0.4) is 0 Å². The van der Waals surface area contributed by atoms with Gasteiger partial charge in [-0.15, -0.1) is 0 Å². The van der Waals surface area contributed by atoms with Crippen LogP contribution >= 0.6 is 0 Å². The van der Waals surface area contributed by atoms with Crippen LogP contribution in [-0.4, -0.2) is 0 Å². The standard InChI is InChI=1S/C31H53N/c1-3-5-7-8-9-12-24-13-11-14-28-26(24)17-18-29-27-19-21-31(23-32,20-10-6-4-2)22-25(27)15-16-30(28)29/h24-30H,3-22H2,1-2H3/t24-,25?,26?,27?,28?,29?,30?,31-/m0/s1. The Bertz CT molecular complexity index is 604. The van der Waals surface area contributed by atoms with Crippen LogP contribution in [0.2, 0.25) is 0 Å². The SMILES string of the molecule is CCCCCCC[C@H]1CCCC2C3CCC4C[C@](C#N)(CCCCC)CCC4C3CCC21. The summed E-state index contributed by atoms with van der Waals surface area (Å²) in [5, 5.41) is 10.1. The molecule has 0 radical (unpaired) electrons. The van der Waals surface area contributed by atoms with Crippen molar-refractivity contribution < 1.29 is 0 Å². The largest absolute Gasteiger partial charge is 0.198 e. The number of rotatable bonds is 10. The first-order valence-corrected chi connectivity index (χ1v) is 15.1. The predicted octanol–water partition coefficient (Wildman–Crippen LogP) is 9.71. The molecule has 1 nitrogen and oxygen atoms in total. The lowest BCUT2D eigenvalue weighted by Crippen LogP contribution is -2.49. The zero-order valence-electron chi connectivity index (χ0n) is 21.6. The topological polar surface area (TPSA) is 23.8 Å². The third kappa shape index (κ3) is 5.41. The fourth-order valence-corrected chi connectivity index (χ4v) is 9.44. The Kier molecular flexibility index (Phi) is 9.04. The summed E-state index contributed by atoms with van der Waals surface area (Å²) in [7, 11) is 0. The van der Waals surface area contributed by atoms with Crippen LogP contribution in [0.25, 0.3) is 0 Å². The molecule has 4 fully saturated rings. The van der Waals surface area contributed by atoms with E-state index in [2.05, 4.69) is 19.9 Å². The highest BCUT2D eigenvalue weighted by atomic mass is 14.6. The van der Waals surface area contributed by atoms with Crippen molar-refractivity contribution in [2.75, 3.05) is 0 Å². The number of fused-ring (bicyclic) bond motifs is 5. The first kappa shape index (κ1) is 24.6. The van der Waals surface area contributed by atoms with Crippen LogP contribution in [0.5, 0.6) is 0 Å². The van der Waals surface area contributed by atoms with E-state index in [4.69, 9.17) is 0 Å². The molecule has 8 atom stereocenters. The van der Waals surface area contributed by atoms with Crippen LogP contribution in [-0.2, 0) is 0 Å². The van der Waals surface area contributed by atoms with Gasteiger partial charge >= 0.3 is 0 Å². The number of hydrogen-bond acceptors (Lipinski definition) is 1. The average Bonchev–Trinajstić information content (AvgIpc) is 2.83. The van der Waals surface area contributed by atoms with Crippen molar-refractivity contribution in [1.29, 1.82) is 5.26 Å². The summed E-state index contributed by atoms with van der Waals surface area (Å²) in [6, 6.07) is 2.86. The van der Waals surface area contributed by atoms with E-state index in [1.54, 1.807) is 19.3 Å². The van der Waals surface area contributed by atoms with E-state index < -0.39 is 0 Å². The Hall–Kier alpha value is -0.510. The van der Waals surface area contributed by atoms with Gasteiger partial charge < -0.3 is 0 Å². The first-order valence-electron chi connectivity index (χ1n) is 15.1. The van der Waals surface area contributed by atoms with Crippen molar-refractivity contribution >= 4 is 0 Å². The van der Waals surface area contributed by atoms with Crippen LogP contribution in [0.4, 0.5) is 0 Å². The molecular formula is C31H53N. The van der Waals surface area contributed by atoms with E-state index in [1.165, 1.54) is 109 Å². The monoisotopic (exact) mass is 439 g/mol. The predicted molar refractivity (Wildman–Crippen MR) is 136 cm³/mol. The smallest absolute Gasteiger partial charge is 0.0689 e. The molecule has 0 aromatic rings. The van der Waals surface area contributed by atoms with Gasteiger partial charge in [-0.3, -0.25) is 0 Å². The Labute approximate surface area is 200 Å². The zero-order chi connectivity index (χ0) is 22.4. The van der Waals surface area contributed by atoms with Gasteiger partial charge in [0.05, 0.1) is 11.5 Å². The molecule has 0 aromatic carbocycles. The van der Waals surface area contributed by atoms with Gasteiger partial charge in [-0.2, -0.15) is 5.26 Å². The van der Waals surface area contributed by atoms with Gasteiger partial charge in [-0.05, 0) is 99.2 Å². The first-order chi connectivity index (χ1) is 15.7. The molecule has 0 N–H and O–H groups in total. The van der Waals surface area contributed by atoms with E-state index in [1.807, 2.05) is 0 Å². The molecule has 32 heavy (non-hydrogen) atoms. The second-order valence-corrected chi connectivity index (χ2v) is 12.7. The summed E-state index contributed by atoms with van der Waals surface area (Å²) in [6.45, 7) is 4.62. The van der Waals surface area contributed by atoms with Crippen molar-refractivity contribution in [3.05, 3.63) is 0 Å². The third-order valence-electron chi connectivity index (χ3n) is 11.0. The Morgan fingerprint density at radius 3 is 2.19 bits per heavy atom. The highest BCUT2D eigenvalue weighted by Gasteiger charge is 2.52. The minimum absolute atomic E-state index is 0.0358. The number of unbranched alkanes of at least 4 members (excludes halogenated alkanes) is 6. The molecule has 4 saturated carbocycles. The summed E-state index contributed by atoms with van der Waals surface area (Å²) < 4.78 is 0. The normalized spacial score (nSPS) is 41.2. The van der Waals surface area contributed by atoms with E-state index in [0.717, 1.165) is 41.4 Å². The van der Waals surface area contributed by atoms with Gasteiger partial charge in [-0.25, -0.2) is 0 Å². The highest BCUT2D eigenvalue weighted by Crippen LogP contribution is 2.60. The third-order valence-corrected chi connectivity index (χ3v) is 11.0. The summed E-state index contributed by atoms with van der Waals surface area (Å²) in [5.74, 6) is 7.11. The summed E-state index contributed by atoms with van der Waals surface area (Å²) in [6.07, 6.45) is 28.3. The Balaban J connectivity index is 1.33. The highest BCUT2D eigenvalue weighted by molar-refractivity contribution is 5.07. The maximum Gasteiger partial charge on any atom is 0.0689 e. The summed E-state index contributed by atoms with van der Waals surface area (Å²) in [5.41, 5.74) is 0.0358. The van der Waals surface area contributed by atoms with Crippen molar-refractivity contribution in [3.63, 3.8) is 0 Å². The van der Waals surface area contributed by atoms with Crippen molar-refractivity contribution in [3.8, 4) is 6.07 Å². The molecule has 0 amide bonds. The quantitative estimate of drug-likeness (QED) is 0.311. The van der Waals surface area contributed by atoms with Gasteiger partial charge in [0.2, 0.25) is 0 Å². The van der Waals surface area contributed by atoms with Crippen LogP contribution in [0, 0.1) is 58.2 Å². The Morgan fingerprint density at radius 2 is 1.38 bits per heavy atom. The molecule has 1 heteroatoms. The van der Waals surface area contributed by atoms with E-state index >= 15 is 0 Å². The van der Waals surface area contributed by atoms with Gasteiger partial charge in [0.1, 0.15) is 0 Å². The number of nitrogens with zero attached hydrogens (tertiary/aromatic N) is 1. The minimum Gasteiger partial charge on any atom is -0.198 e. The molecular weight excluding hydrogens is 386 g/mol. The van der Waals surface area contributed by atoms with Crippen molar-refractivity contribution in [2.24, 2.45) is 46.8 Å². The molecule has 0 spiro atoms. The van der Waals surface area contributed by atoms with Crippen LogP contribution in [0.1, 0.15) is 142 Å². The second-order valence-electron chi connectivity index (χ2n) is 12.7. The zero-order valence-corrected chi connectivity index (χ0v) is 21.6. The van der Waals surface area contributed by atoms with Gasteiger partial charge in [0, 0.05) is 0 Å². The van der Waals surface area contributed by atoms with E-state index in [9.17, 15) is 5.26 Å². The lowest BCUT2D eigenvalue weighted by molar-refractivity contribution is -0.0718. The average molecular weight is 440 g/mol. The maximum atomic E-state index is 10.1. The number of nitriles is 1. The lowest BCUT2D eigenvalue weighted by atomic mass is 9.48. The molecule has 4 aliphatic rings. The Morgan fingerprint density at radius 1 is 0.688 bits per heavy atom. The van der Waals surface area contributed by atoms with Crippen LogP contribution in [0.15, 0.2) is 0 Å².